The van der Waals surface area contributed by atoms with Gasteiger partial charge in [-0.15, -0.1) is 22.7 Å². The zero-order chi connectivity index (χ0) is 15.0. The predicted molar refractivity (Wildman–Crippen MR) is 86.8 cm³/mol. The lowest BCUT2D eigenvalue weighted by molar-refractivity contribution is 0.599. The lowest BCUT2D eigenvalue weighted by atomic mass is 10.3. The summed E-state index contributed by atoms with van der Waals surface area (Å²) in [7, 11) is -1.76. The van der Waals surface area contributed by atoms with Crippen LogP contribution in [-0.2, 0) is 29.4 Å². The first-order valence-corrected chi connectivity index (χ1v) is 9.92. The Labute approximate surface area is 132 Å². The molecule has 0 fully saturated rings. The molecule has 0 aromatic carbocycles. The lowest BCUT2D eigenvalue weighted by Crippen LogP contribution is -2.16. The van der Waals surface area contributed by atoms with Crippen LogP contribution in [0.5, 0.6) is 0 Å². The van der Waals surface area contributed by atoms with Crippen LogP contribution in [0.1, 0.15) is 27.4 Å². The molecule has 0 spiro atoms. The largest absolute Gasteiger partial charge is 0.315 e. The third kappa shape index (κ3) is 2.85. The maximum atomic E-state index is 12.6. The van der Waals surface area contributed by atoms with Gasteiger partial charge in [-0.25, -0.2) is 13.4 Å². The van der Waals surface area contributed by atoms with Crippen LogP contribution in [0.2, 0.25) is 0 Å². The van der Waals surface area contributed by atoms with E-state index in [1.54, 1.807) is 0 Å². The summed E-state index contributed by atoms with van der Waals surface area (Å²) in [5, 5.41) is 5.38. The van der Waals surface area contributed by atoms with E-state index in [2.05, 4.69) is 15.0 Å². The molecule has 1 aliphatic rings. The van der Waals surface area contributed by atoms with Crippen molar-refractivity contribution < 1.29 is 8.42 Å². The molecule has 114 valence electrons. The Kier molecular flexibility index (Phi) is 4.04. The fourth-order valence-electron chi connectivity index (χ4n) is 2.53. The molecule has 21 heavy (non-hydrogen) atoms. The van der Waals surface area contributed by atoms with Crippen molar-refractivity contribution in [3.8, 4) is 0 Å². The molecule has 0 aliphatic heterocycles. The normalized spacial score (nSPS) is 14.4. The molecule has 0 saturated heterocycles. The second-order valence-electron chi connectivity index (χ2n) is 5.05. The number of fused-ring (bicyclic) bond motifs is 1. The number of hydrogen-bond acceptors (Lipinski definition) is 6. The molecule has 1 aliphatic carbocycles. The molecular weight excluding hydrogens is 326 g/mol. The molecule has 2 heterocycles. The van der Waals surface area contributed by atoms with Crippen LogP contribution < -0.4 is 10.0 Å². The summed E-state index contributed by atoms with van der Waals surface area (Å²) in [5.41, 5.74) is 1.83. The van der Waals surface area contributed by atoms with Crippen LogP contribution in [-0.4, -0.2) is 20.4 Å². The molecular formula is C13H17N3O2S3. The summed E-state index contributed by atoms with van der Waals surface area (Å²) in [6, 6.07) is 0. The van der Waals surface area contributed by atoms with Gasteiger partial charge in [-0.2, -0.15) is 0 Å². The molecule has 0 radical (unpaired) electrons. The Morgan fingerprint density at radius 1 is 1.38 bits per heavy atom. The summed E-state index contributed by atoms with van der Waals surface area (Å²) in [6.07, 6.45) is 3.09. The first-order chi connectivity index (χ1) is 10.0. The molecule has 2 aromatic rings. The number of anilines is 1. The van der Waals surface area contributed by atoms with Crippen LogP contribution in [0.3, 0.4) is 0 Å². The maximum Gasteiger partial charge on any atom is 0.265 e. The van der Waals surface area contributed by atoms with Crippen molar-refractivity contribution in [3.05, 3.63) is 26.4 Å². The summed E-state index contributed by atoms with van der Waals surface area (Å²) < 4.78 is 27.9. The minimum Gasteiger partial charge on any atom is -0.315 e. The first kappa shape index (κ1) is 15.0. The van der Waals surface area contributed by atoms with E-state index in [1.165, 1.54) is 27.6 Å². The van der Waals surface area contributed by atoms with Crippen molar-refractivity contribution >= 4 is 37.8 Å². The smallest absolute Gasteiger partial charge is 0.265 e. The van der Waals surface area contributed by atoms with E-state index in [0.717, 1.165) is 35.4 Å². The second-order valence-corrected chi connectivity index (χ2v) is 8.72. The van der Waals surface area contributed by atoms with Gasteiger partial charge in [0.2, 0.25) is 0 Å². The Hall–Kier alpha value is -0.960. The second kappa shape index (κ2) is 5.68. The Morgan fingerprint density at radius 2 is 2.19 bits per heavy atom. The highest BCUT2D eigenvalue weighted by atomic mass is 32.2. The van der Waals surface area contributed by atoms with Gasteiger partial charge in [0.25, 0.3) is 10.0 Å². The summed E-state index contributed by atoms with van der Waals surface area (Å²) >= 11 is 2.92. The molecule has 0 bridgehead atoms. The Balaban J connectivity index is 1.91. The number of nitrogens with one attached hydrogen (secondary N) is 2. The van der Waals surface area contributed by atoms with Gasteiger partial charge in [0.1, 0.15) is 4.90 Å². The van der Waals surface area contributed by atoms with Crippen molar-refractivity contribution in [2.75, 3.05) is 11.8 Å². The molecule has 0 saturated carbocycles. The average Bonchev–Trinajstić information content (AvgIpc) is 3.04. The SMILES string of the molecule is CNCc1scc(C)c1S(=O)(=O)Nc1nc2c(s1)CCC2. The number of rotatable bonds is 5. The summed E-state index contributed by atoms with van der Waals surface area (Å²) in [4.78, 5) is 6.83. The van der Waals surface area contributed by atoms with E-state index >= 15 is 0 Å². The van der Waals surface area contributed by atoms with Gasteiger partial charge in [-0.3, -0.25) is 4.72 Å². The third-order valence-electron chi connectivity index (χ3n) is 3.41. The predicted octanol–water partition coefficient (Wildman–Crippen LogP) is 2.52. The number of thiazole rings is 1. The molecule has 5 nitrogen and oxygen atoms in total. The molecule has 2 aromatic heterocycles. The van der Waals surface area contributed by atoms with Crippen LogP contribution in [0.4, 0.5) is 5.13 Å². The van der Waals surface area contributed by atoms with Crippen molar-refractivity contribution in [1.82, 2.24) is 10.3 Å². The molecule has 3 rings (SSSR count). The van der Waals surface area contributed by atoms with Crippen LogP contribution in [0.15, 0.2) is 10.3 Å². The minimum absolute atomic E-state index is 0.386. The monoisotopic (exact) mass is 343 g/mol. The van der Waals surface area contributed by atoms with Gasteiger partial charge in [0, 0.05) is 16.3 Å². The quantitative estimate of drug-likeness (QED) is 0.875. The molecule has 0 atom stereocenters. The molecule has 2 N–H and O–H groups in total. The van der Waals surface area contributed by atoms with Crippen LogP contribution in [0, 0.1) is 6.92 Å². The fraction of sp³-hybridized carbons (Fsp3) is 0.462. The number of thiophene rings is 1. The maximum absolute atomic E-state index is 12.6. The van der Waals surface area contributed by atoms with Crippen molar-refractivity contribution in [2.45, 2.75) is 37.6 Å². The number of aryl methyl sites for hydroxylation is 3. The minimum atomic E-state index is -3.57. The van der Waals surface area contributed by atoms with Gasteiger partial charge in [0.15, 0.2) is 5.13 Å². The van der Waals surface area contributed by atoms with Gasteiger partial charge < -0.3 is 5.32 Å². The van der Waals surface area contributed by atoms with E-state index in [9.17, 15) is 8.42 Å². The number of sulfonamides is 1. The number of hydrogen-bond donors (Lipinski definition) is 2. The fourth-order valence-corrected chi connectivity index (χ4v) is 6.64. The molecule has 0 amide bonds. The average molecular weight is 343 g/mol. The van der Waals surface area contributed by atoms with Crippen LogP contribution >= 0.6 is 22.7 Å². The van der Waals surface area contributed by atoms with E-state index in [0.29, 0.717) is 16.6 Å². The van der Waals surface area contributed by atoms with Crippen molar-refractivity contribution in [3.63, 3.8) is 0 Å². The Morgan fingerprint density at radius 3 is 2.90 bits per heavy atom. The highest BCUT2D eigenvalue weighted by Crippen LogP contribution is 2.33. The number of nitrogens with zero attached hydrogens (tertiary/aromatic N) is 1. The Bertz CT molecular complexity index is 740. The van der Waals surface area contributed by atoms with E-state index in [-0.39, 0.29) is 0 Å². The third-order valence-corrected chi connectivity index (χ3v) is 7.42. The highest BCUT2D eigenvalue weighted by molar-refractivity contribution is 7.93. The molecule has 8 heteroatoms. The van der Waals surface area contributed by atoms with E-state index in [4.69, 9.17) is 0 Å². The highest BCUT2D eigenvalue weighted by Gasteiger charge is 2.25. The number of aromatic nitrogens is 1. The zero-order valence-corrected chi connectivity index (χ0v) is 14.3. The standard InChI is InChI=1S/C13H17N3O2S3/c1-8-7-19-11(6-14-2)12(8)21(17,18)16-13-15-9-4-3-5-10(9)20-13/h7,14H,3-6H2,1-2H3,(H,15,16). The van der Waals surface area contributed by atoms with Crippen molar-refractivity contribution in [1.29, 1.82) is 0 Å². The summed E-state index contributed by atoms with van der Waals surface area (Å²) in [5.74, 6) is 0. The van der Waals surface area contributed by atoms with Gasteiger partial charge in [-0.1, -0.05) is 0 Å². The lowest BCUT2D eigenvalue weighted by Gasteiger charge is -2.08. The van der Waals surface area contributed by atoms with Gasteiger partial charge in [0.05, 0.1) is 5.69 Å². The topological polar surface area (TPSA) is 71.1 Å². The summed E-state index contributed by atoms with van der Waals surface area (Å²) in [6.45, 7) is 2.37. The van der Waals surface area contributed by atoms with E-state index < -0.39 is 10.0 Å². The van der Waals surface area contributed by atoms with Crippen molar-refractivity contribution in [2.24, 2.45) is 0 Å². The van der Waals surface area contributed by atoms with Crippen LogP contribution in [0.25, 0.3) is 0 Å². The first-order valence-electron chi connectivity index (χ1n) is 6.74. The van der Waals surface area contributed by atoms with Gasteiger partial charge in [-0.05, 0) is 44.2 Å². The van der Waals surface area contributed by atoms with E-state index in [1.807, 2.05) is 19.4 Å². The zero-order valence-electron chi connectivity index (χ0n) is 11.9. The molecule has 0 unspecified atom stereocenters. The van der Waals surface area contributed by atoms with Gasteiger partial charge >= 0.3 is 0 Å².